The third-order valence-electron chi connectivity index (χ3n) is 5.78. The van der Waals surface area contributed by atoms with E-state index in [0.29, 0.717) is 37.2 Å². The molecule has 2 aliphatic rings. The monoisotopic (exact) mass is 392 g/mol. The van der Waals surface area contributed by atoms with Gasteiger partial charge in [0.05, 0.1) is 30.5 Å². The van der Waals surface area contributed by atoms with Crippen LogP contribution >= 0.6 is 0 Å². The van der Waals surface area contributed by atoms with E-state index < -0.39 is 0 Å². The molecule has 152 valence electrons. The molecule has 0 spiro atoms. The number of amides is 1. The molecule has 5 heteroatoms. The summed E-state index contributed by atoms with van der Waals surface area (Å²) < 4.78 is 10.6. The zero-order valence-corrected chi connectivity index (χ0v) is 17.0. The van der Waals surface area contributed by atoms with Crippen LogP contribution in [0.1, 0.15) is 46.8 Å². The first kappa shape index (κ1) is 19.5. The largest absolute Gasteiger partial charge is 0.494 e. The van der Waals surface area contributed by atoms with Crippen molar-refractivity contribution in [2.24, 2.45) is 5.92 Å². The fraction of sp³-hybridized carbons (Fsp3) is 0.375. The normalized spacial score (nSPS) is 21.8. The fourth-order valence-electron chi connectivity index (χ4n) is 4.44. The summed E-state index contributed by atoms with van der Waals surface area (Å²) in [4.78, 5) is 12.8. The van der Waals surface area contributed by atoms with Gasteiger partial charge in [-0.3, -0.25) is 4.79 Å². The lowest BCUT2D eigenvalue weighted by atomic mass is 9.76. The van der Waals surface area contributed by atoms with Crippen molar-refractivity contribution in [3.63, 3.8) is 0 Å². The van der Waals surface area contributed by atoms with Crippen molar-refractivity contribution in [2.75, 3.05) is 32.2 Å². The van der Waals surface area contributed by atoms with E-state index in [4.69, 9.17) is 9.47 Å². The van der Waals surface area contributed by atoms with Crippen molar-refractivity contribution in [3.05, 3.63) is 71.3 Å². The SMILES string of the molecule is CCOc1ccc(C2Nc3c(C(=O)NCCOC)cccc3C3C=CCC32)cc1. The molecule has 3 atom stereocenters. The van der Waals surface area contributed by atoms with Crippen molar-refractivity contribution < 1.29 is 14.3 Å². The molecule has 1 heterocycles. The van der Waals surface area contributed by atoms with E-state index in [-0.39, 0.29) is 11.9 Å². The molecule has 0 aromatic heterocycles. The van der Waals surface area contributed by atoms with Gasteiger partial charge in [-0.15, -0.1) is 0 Å². The number of hydrogen-bond donors (Lipinski definition) is 2. The van der Waals surface area contributed by atoms with Crippen LogP contribution in [0.15, 0.2) is 54.6 Å². The average molecular weight is 392 g/mol. The van der Waals surface area contributed by atoms with E-state index in [1.54, 1.807) is 7.11 Å². The number of hydrogen-bond acceptors (Lipinski definition) is 4. The van der Waals surface area contributed by atoms with E-state index in [0.717, 1.165) is 17.9 Å². The summed E-state index contributed by atoms with van der Waals surface area (Å²) >= 11 is 0. The Bertz CT molecular complexity index is 891. The molecule has 1 amide bonds. The summed E-state index contributed by atoms with van der Waals surface area (Å²) in [6.07, 6.45) is 5.58. The van der Waals surface area contributed by atoms with Gasteiger partial charge >= 0.3 is 0 Å². The summed E-state index contributed by atoms with van der Waals surface area (Å²) in [6.45, 7) is 3.63. The number of rotatable bonds is 7. The van der Waals surface area contributed by atoms with Gasteiger partial charge < -0.3 is 20.1 Å². The molecular formula is C24H28N2O3. The number of fused-ring (bicyclic) bond motifs is 3. The van der Waals surface area contributed by atoms with Gasteiger partial charge in [-0.1, -0.05) is 36.4 Å². The number of methoxy groups -OCH3 is 1. The van der Waals surface area contributed by atoms with Crippen molar-refractivity contribution in [1.29, 1.82) is 0 Å². The molecule has 0 saturated carbocycles. The van der Waals surface area contributed by atoms with E-state index in [1.165, 1.54) is 11.1 Å². The van der Waals surface area contributed by atoms with E-state index in [2.05, 4.69) is 41.0 Å². The van der Waals surface area contributed by atoms with Crippen LogP contribution in [-0.2, 0) is 4.74 Å². The number of benzene rings is 2. The average Bonchev–Trinajstić information content (AvgIpc) is 3.24. The number of anilines is 1. The van der Waals surface area contributed by atoms with Gasteiger partial charge in [0.15, 0.2) is 0 Å². The highest BCUT2D eigenvalue weighted by atomic mass is 16.5. The Morgan fingerprint density at radius 1 is 1.21 bits per heavy atom. The van der Waals surface area contributed by atoms with Crippen molar-refractivity contribution in [3.8, 4) is 5.75 Å². The molecule has 2 aromatic rings. The zero-order chi connectivity index (χ0) is 20.2. The second kappa shape index (κ2) is 8.70. The van der Waals surface area contributed by atoms with Crippen LogP contribution in [0, 0.1) is 5.92 Å². The molecule has 4 rings (SSSR count). The van der Waals surface area contributed by atoms with Gasteiger partial charge in [-0.2, -0.15) is 0 Å². The Morgan fingerprint density at radius 3 is 2.79 bits per heavy atom. The van der Waals surface area contributed by atoms with Gasteiger partial charge in [0.2, 0.25) is 0 Å². The second-order valence-corrected chi connectivity index (χ2v) is 7.50. The van der Waals surface area contributed by atoms with E-state index >= 15 is 0 Å². The summed E-state index contributed by atoms with van der Waals surface area (Å²) in [5.41, 5.74) is 4.04. The highest BCUT2D eigenvalue weighted by Gasteiger charge is 2.39. The van der Waals surface area contributed by atoms with Gasteiger partial charge in [0.25, 0.3) is 5.91 Å². The van der Waals surface area contributed by atoms with E-state index in [9.17, 15) is 4.79 Å². The van der Waals surface area contributed by atoms with Gasteiger partial charge in [-0.05, 0) is 48.6 Å². The van der Waals surface area contributed by atoms with Gasteiger partial charge in [-0.25, -0.2) is 0 Å². The lowest BCUT2D eigenvalue weighted by molar-refractivity contribution is 0.0937. The number of carbonyl (C=O) groups is 1. The molecule has 1 aliphatic carbocycles. The minimum absolute atomic E-state index is 0.0720. The summed E-state index contributed by atoms with van der Waals surface area (Å²) in [7, 11) is 1.63. The maximum atomic E-state index is 12.8. The third kappa shape index (κ3) is 3.87. The zero-order valence-electron chi connectivity index (χ0n) is 17.0. The Morgan fingerprint density at radius 2 is 2.03 bits per heavy atom. The van der Waals surface area contributed by atoms with Gasteiger partial charge in [0.1, 0.15) is 5.75 Å². The molecule has 0 bridgehead atoms. The van der Waals surface area contributed by atoms with Crippen LogP contribution in [0.3, 0.4) is 0 Å². The smallest absolute Gasteiger partial charge is 0.253 e. The molecule has 1 aliphatic heterocycles. The quantitative estimate of drug-likeness (QED) is 0.545. The minimum Gasteiger partial charge on any atom is -0.494 e. The predicted octanol–water partition coefficient (Wildman–Crippen LogP) is 4.29. The van der Waals surface area contributed by atoms with Crippen molar-refractivity contribution in [2.45, 2.75) is 25.3 Å². The topological polar surface area (TPSA) is 59.6 Å². The molecule has 0 radical (unpaired) electrons. The predicted molar refractivity (Wildman–Crippen MR) is 115 cm³/mol. The van der Waals surface area contributed by atoms with Crippen LogP contribution in [-0.4, -0.2) is 32.8 Å². The molecule has 2 N–H and O–H groups in total. The first-order valence-corrected chi connectivity index (χ1v) is 10.3. The number of para-hydroxylation sites is 1. The number of nitrogens with one attached hydrogen (secondary N) is 2. The maximum absolute atomic E-state index is 12.8. The summed E-state index contributed by atoms with van der Waals surface area (Å²) in [5, 5.41) is 6.65. The Hall–Kier alpha value is -2.79. The summed E-state index contributed by atoms with van der Waals surface area (Å²) in [6, 6.07) is 14.5. The lowest BCUT2D eigenvalue weighted by Crippen LogP contribution is -2.33. The second-order valence-electron chi connectivity index (χ2n) is 7.50. The highest BCUT2D eigenvalue weighted by molar-refractivity contribution is 6.00. The van der Waals surface area contributed by atoms with Crippen LogP contribution in [0.25, 0.3) is 0 Å². The third-order valence-corrected chi connectivity index (χ3v) is 5.78. The standard InChI is InChI=1S/C24H28N2O3/c1-3-29-17-12-10-16(11-13-17)22-19-7-4-6-18(19)20-8-5-9-21(23(20)26-22)24(27)25-14-15-28-2/h4-6,8-13,18-19,22,26H,3,7,14-15H2,1-2H3,(H,25,27). The van der Waals surface area contributed by atoms with Crippen molar-refractivity contribution in [1.82, 2.24) is 5.32 Å². The molecule has 29 heavy (non-hydrogen) atoms. The molecule has 2 aromatic carbocycles. The van der Waals surface area contributed by atoms with E-state index in [1.807, 2.05) is 31.2 Å². The fourth-order valence-corrected chi connectivity index (χ4v) is 4.44. The van der Waals surface area contributed by atoms with Crippen LogP contribution < -0.4 is 15.4 Å². The van der Waals surface area contributed by atoms with Crippen LogP contribution in [0.2, 0.25) is 0 Å². The maximum Gasteiger partial charge on any atom is 0.253 e. The number of carbonyl (C=O) groups excluding carboxylic acids is 1. The molecule has 0 saturated heterocycles. The van der Waals surface area contributed by atoms with Crippen LogP contribution in [0.5, 0.6) is 5.75 Å². The Labute approximate surface area is 172 Å². The molecular weight excluding hydrogens is 364 g/mol. The highest BCUT2D eigenvalue weighted by Crippen LogP contribution is 2.50. The lowest BCUT2D eigenvalue weighted by Gasteiger charge is -2.38. The van der Waals surface area contributed by atoms with Crippen LogP contribution in [0.4, 0.5) is 5.69 Å². The first-order chi connectivity index (χ1) is 14.2. The Balaban J connectivity index is 1.65. The number of allylic oxidation sites excluding steroid dienone is 2. The minimum atomic E-state index is -0.0720. The van der Waals surface area contributed by atoms with Crippen molar-refractivity contribution >= 4 is 11.6 Å². The summed E-state index contributed by atoms with van der Waals surface area (Å²) in [5.74, 6) is 1.56. The molecule has 0 fully saturated rings. The number of ether oxygens (including phenoxy) is 2. The van der Waals surface area contributed by atoms with Gasteiger partial charge in [0, 0.05) is 19.6 Å². The molecule has 3 unspecified atom stereocenters. The first-order valence-electron chi connectivity index (χ1n) is 10.3. The molecule has 5 nitrogen and oxygen atoms in total. The Kier molecular flexibility index (Phi) is 5.86.